The van der Waals surface area contributed by atoms with Crippen LogP contribution in [0.2, 0.25) is 0 Å². The molecule has 0 bridgehead atoms. The Bertz CT molecular complexity index is 783. The van der Waals surface area contributed by atoms with Gasteiger partial charge in [0.1, 0.15) is 5.82 Å². The SMILES string of the molecule is CS(=O)(=O)c1ccc(NCCc2ccc(N3CCNCC3)cc2)nc1. The molecule has 1 fully saturated rings. The summed E-state index contributed by atoms with van der Waals surface area (Å²) < 4.78 is 22.8. The van der Waals surface area contributed by atoms with Crippen LogP contribution in [0.15, 0.2) is 47.5 Å². The van der Waals surface area contributed by atoms with Gasteiger partial charge in [-0.3, -0.25) is 0 Å². The molecule has 0 spiro atoms. The summed E-state index contributed by atoms with van der Waals surface area (Å²) in [7, 11) is -3.19. The summed E-state index contributed by atoms with van der Waals surface area (Å²) in [4.78, 5) is 6.78. The maximum absolute atomic E-state index is 11.4. The number of nitrogens with one attached hydrogen (secondary N) is 2. The molecule has 0 atom stereocenters. The highest BCUT2D eigenvalue weighted by molar-refractivity contribution is 7.90. The zero-order chi connectivity index (χ0) is 17.7. The van der Waals surface area contributed by atoms with Crippen LogP contribution in [0.3, 0.4) is 0 Å². The second-order valence-corrected chi connectivity index (χ2v) is 8.25. The van der Waals surface area contributed by atoms with Crippen LogP contribution in [-0.2, 0) is 16.3 Å². The van der Waals surface area contributed by atoms with Gasteiger partial charge >= 0.3 is 0 Å². The maximum atomic E-state index is 11.4. The van der Waals surface area contributed by atoms with Gasteiger partial charge in [-0.05, 0) is 36.2 Å². The minimum atomic E-state index is -3.19. The zero-order valence-corrected chi connectivity index (χ0v) is 15.2. The fraction of sp³-hybridized carbons (Fsp3) is 0.389. The smallest absolute Gasteiger partial charge is 0.177 e. The standard InChI is InChI=1S/C18H24N4O2S/c1-25(23,24)17-6-7-18(21-14-17)20-9-8-15-2-4-16(5-3-15)22-12-10-19-11-13-22/h2-7,14,19H,8-13H2,1H3,(H,20,21). The number of hydrogen-bond acceptors (Lipinski definition) is 6. The number of benzene rings is 1. The molecule has 2 aromatic rings. The Morgan fingerprint density at radius 1 is 1.12 bits per heavy atom. The molecule has 134 valence electrons. The third-order valence-corrected chi connectivity index (χ3v) is 5.40. The topological polar surface area (TPSA) is 74.3 Å². The Labute approximate surface area is 149 Å². The van der Waals surface area contributed by atoms with Gasteiger partial charge in [-0.15, -0.1) is 0 Å². The number of aromatic nitrogens is 1. The number of rotatable bonds is 6. The molecule has 6 nitrogen and oxygen atoms in total. The van der Waals surface area contributed by atoms with E-state index < -0.39 is 9.84 Å². The molecular formula is C18H24N4O2S. The number of hydrogen-bond donors (Lipinski definition) is 2. The van der Waals surface area contributed by atoms with E-state index in [2.05, 4.69) is 44.8 Å². The Morgan fingerprint density at radius 2 is 1.84 bits per heavy atom. The third-order valence-electron chi connectivity index (χ3n) is 4.30. The van der Waals surface area contributed by atoms with Crippen LogP contribution in [-0.4, -0.2) is 52.4 Å². The van der Waals surface area contributed by atoms with Gasteiger partial charge < -0.3 is 15.5 Å². The Kier molecular flexibility index (Phi) is 5.55. The van der Waals surface area contributed by atoms with Gasteiger partial charge in [0.25, 0.3) is 0 Å². The molecule has 1 aliphatic rings. The fourth-order valence-electron chi connectivity index (χ4n) is 2.84. The van der Waals surface area contributed by atoms with Gasteiger partial charge in [0.05, 0.1) is 4.90 Å². The first-order valence-corrected chi connectivity index (χ1v) is 10.4. The molecule has 1 aliphatic heterocycles. The van der Waals surface area contributed by atoms with Gasteiger partial charge in [0.15, 0.2) is 9.84 Å². The highest BCUT2D eigenvalue weighted by Crippen LogP contribution is 2.16. The van der Waals surface area contributed by atoms with Gasteiger partial charge in [-0.2, -0.15) is 0 Å². The minimum Gasteiger partial charge on any atom is -0.370 e. The summed E-state index contributed by atoms with van der Waals surface area (Å²) >= 11 is 0. The van der Waals surface area contributed by atoms with Crippen molar-refractivity contribution in [3.05, 3.63) is 48.2 Å². The van der Waals surface area contributed by atoms with Crippen molar-refractivity contribution >= 4 is 21.3 Å². The van der Waals surface area contributed by atoms with Crippen LogP contribution in [0.5, 0.6) is 0 Å². The van der Waals surface area contributed by atoms with Gasteiger partial charge in [-0.1, -0.05) is 12.1 Å². The first-order chi connectivity index (χ1) is 12.0. The molecule has 7 heteroatoms. The van der Waals surface area contributed by atoms with E-state index in [9.17, 15) is 8.42 Å². The molecule has 0 amide bonds. The van der Waals surface area contributed by atoms with E-state index in [1.165, 1.54) is 23.7 Å². The van der Waals surface area contributed by atoms with E-state index in [4.69, 9.17) is 0 Å². The molecule has 3 rings (SSSR count). The summed E-state index contributed by atoms with van der Waals surface area (Å²) in [5.74, 6) is 0.685. The average molecular weight is 360 g/mol. The van der Waals surface area contributed by atoms with Gasteiger partial charge in [-0.25, -0.2) is 13.4 Å². The molecule has 0 aliphatic carbocycles. The fourth-order valence-corrected chi connectivity index (χ4v) is 3.39. The molecule has 1 aromatic heterocycles. The number of sulfone groups is 1. The lowest BCUT2D eigenvalue weighted by Crippen LogP contribution is -2.43. The summed E-state index contributed by atoms with van der Waals surface area (Å²) in [5.41, 5.74) is 2.54. The first-order valence-electron chi connectivity index (χ1n) is 8.47. The van der Waals surface area contributed by atoms with Crippen molar-refractivity contribution in [1.82, 2.24) is 10.3 Å². The summed E-state index contributed by atoms with van der Waals surface area (Å²) in [6.45, 7) is 4.93. The van der Waals surface area contributed by atoms with Crippen LogP contribution in [0, 0.1) is 0 Å². The maximum Gasteiger partial charge on any atom is 0.177 e. The quantitative estimate of drug-likeness (QED) is 0.814. The van der Waals surface area contributed by atoms with E-state index in [1.807, 2.05) is 0 Å². The molecule has 2 heterocycles. The van der Waals surface area contributed by atoms with Gasteiger partial charge in [0, 0.05) is 50.9 Å². The molecule has 0 saturated carbocycles. The minimum absolute atomic E-state index is 0.238. The van der Waals surface area contributed by atoms with E-state index in [1.54, 1.807) is 12.1 Å². The average Bonchev–Trinajstić information content (AvgIpc) is 2.63. The molecule has 0 unspecified atom stereocenters. The van der Waals surface area contributed by atoms with Crippen molar-refractivity contribution in [2.24, 2.45) is 0 Å². The Balaban J connectivity index is 1.50. The lowest BCUT2D eigenvalue weighted by molar-refractivity contribution is 0.589. The molecule has 1 aromatic carbocycles. The number of pyridine rings is 1. The summed E-state index contributed by atoms with van der Waals surface area (Å²) in [6.07, 6.45) is 3.46. The normalized spacial score (nSPS) is 15.2. The van der Waals surface area contributed by atoms with Crippen molar-refractivity contribution in [2.45, 2.75) is 11.3 Å². The third kappa shape index (κ3) is 4.93. The van der Waals surface area contributed by atoms with Crippen LogP contribution in [0.4, 0.5) is 11.5 Å². The largest absolute Gasteiger partial charge is 0.370 e. The van der Waals surface area contributed by atoms with Crippen molar-refractivity contribution in [3.8, 4) is 0 Å². The predicted octanol–water partition coefficient (Wildman–Crippen LogP) is 1.55. The molecule has 1 saturated heterocycles. The highest BCUT2D eigenvalue weighted by atomic mass is 32.2. The second kappa shape index (κ2) is 7.84. The van der Waals surface area contributed by atoms with Crippen molar-refractivity contribution in [3.63, 3.8) is 0 Å². The lowest BCUT2D eigenvalue weighted by Gasteiger charge is -2.29. The van der Waals surface area contributed by atoms with E-state index in [-0.39, 0.29) is 4.90 Å². The van der Waals surface area contributed by atoms with Crippen molar-refractivity contribution in [2.75, 3.05) is 49.2 Å². The predicted molar refractivity (Wildman–Crippen MR) is 101 cm³/mol. The summed E-state index contributed by atoms with van der Waals surface area (Å²) in [6, 6.07) is 12.0. The zero-order valence-electron chi connectivity index (χ0n) is 14.4. The molecule has 0 radical (unpaired) electrons. The van der Waals surface area contributed by atoms with Crippen LogP contribution >= 0.6 is 0 Å². The van der Waals surface area contributed by atoms with E-state index >= 15 is 0 Å². The highest BCUT2D eigenvalue weighted by Gasteiger charge is 2.10. The Morgan fingerprint density at radius 3 is 2.44 bits per heavy atom. The molecule has 25 heavy (non-hydrogen) atoms. The van der Waals surface area contributed by atoms with Crippen LogP contribution in [0.1, 0.15) is 5.56 Å². The van der Waals surface area contributed by atoms with Crippen LogP contribution in [0.25, 0.3) is 0 Å². The number of anilines is 2. The first kappa shape index (κ1) is 17.7. The van der Waals surface area contributed by atoms with E-state index in [0.29, 0.717) is 5.82 Å². The number of piperazine rings is 1. The van der Waals surface area contributed by atoms with Crippen molar-refractivity contribution < 1.29 is 8.42 Å². The number of nitrogens with zero attached hydrogens (tertiary/aromatic N) is 2. The molecule has 2 N–H and O–H groups in total. The monoisotopic (exact) mass is 360 g/mol. The van der Waals surface area contributed by atoms with Gasteiger partial charge in [0.2, 0.25) is 0 Å². The Hall–Kier alpha value is -2.12. The van der Waals surface area contributed by atoms with Crippen LogP contribution < -0.4 is 15.5 Å². The molecular weight excluding hydrogens is 336 g/mol. The summed E-state index contributed by atoms with van der Waals surface area (Å²) in [5, 5.41) is 6.59. The van der Waals surface area contributed by atoms with Crippen molar-refractivity contribution in [1.29, 1.82) is 0 Å². The van der Waals surface area contributed by atoms with E-state index in [0.717, 1.165) is 39.1 Å². The lowest BCUT2D eigenvalue weighted by atomic mass is 10.1. The second-order valence-electron chi connectivity index (χ2n) is 6.23.